The zero-order valence-electron chi connectivity index (χ0n) is 22.3. The number of benzene rings is 3. The van der Waals surface area contributed by atoms with E-state index in [9.17, 15) is 32.7 Å². The number of halogens is 1. The van der Waals surface area contributed by atoms with E-state index in [2.05, 4.69) is 31.3 Å². The molecule has 0 fully saturated rings. The molecule has 3 aromatic carbocycles. The van der Waals surface area contributed by atoms with Gasteiger partial charge < -0.3 is 31.7 Å². The number of hydrogen-bond acceptors (Lipinski definition) is 6. The molecule has 0 saturated heterocycles. The van der Waals surface area contributed by atoms with Gasteiger partial charge in [-0.2, -0.15) is 0 Å². The molecule has 0 spiro atoms. The highest BCUT2D eigenvalue weighted by Crippen LogP contribution is 2.24. The van der Waals surface area contributed by atoms with Crippen molar-refractivity contribution in [2.75, 3.05) is 27.2 Å². The summed E-state index contributed by atoms with van der Waals surface area (Å²) in [5.74, 6) is -1.18. The minimum Gasteiger partial charge on any atom is -0.481 e. The van der Waals surface area contributed by atoms with Gasteiger partial charge >= 0.3 is 18.0 Å². The summed E-state index contributed by atoms with van der Waals surface area (Å²) >= 11 is 1.59. The monoisotopic (exact) mass is 708 g/mol. The van der Waals surface area contributed by atoms with Crippen LogP contribution in [0.3, 0.4) is 0 Å². The molecular formula is C27H29IN6O7S. The minimum atomic E-state index is -4.09. The van der Waals surface area contributed by atoms with Crippen LogP contribution in [0.25, 0.3) is 0 Å². The lowest BCUT2D eigenvalue weighted by molar-refractivity contribution is -0.137. The molecule has 15 heteroatoms. The Bertz CT molecular complexity index is 1550. The number of carbonyl (C=O) groups is 4. The summed E-state index contributed by atoms with van der Waals surface area (Å²) in [5.41, 5.74) is 1.69. The molecule has 0 bridgehead atoms. The van der Waals surface area contributed by atoms with E-state index in [0.29, 0.717) is 23.5 Å². The normalized spacial score (nSPS) is 11.5. The van der Waals surface area contributed by atoms with Crippen molar-refractivity contribution < 1.29 is 32.7 Å². The van der Waals surface area contributed by atoms with Crippen molar-refractivity contribution in [1.82, 2.24) is 10.6 Å². The van der Waals surface area contributed by atoms with Gasteiger partial charge in [-0.15, -0.1) is 0 Å². The van der Waals surface area contributed by atoms with Gasteiger partial charge in [-0.1, -0.05) is 25.1 Å². The molecule has 0 aliphatic carbocycles. The number of carboxylic acid groups (broad SMARTS) is 1. The predicted octanol–water partition coefficient (Wildman–Crippen LogP) is 5.32. The summed E-state index contributed by atoms with van der Waals surface area (Å²) < 4.78 is 28.4. The van der Waals surface area contributed by atoms with Crippen LogP contribution < -0.4 is 31.3 Å². The Kier molecular flexibility index (Phi) is 11.5. The van der Waals surface area contributed by atoms with Crippen LogP contribution in [0, 0.1) is 0 Å². The first kappa shape index (κ1) is 32.1. The van der Waals surface area contributed by atoms with E-state index in [1.54, 1.807) is 59.0 Å². The summed E-state index contributed by atoms with van der Waals surface area (Å²) in [4.78, 5) is 47.2. The Morgan fingerprint density at radius 1 is 0.810 bits per heavy atom. The number of nitrogens with one attached hydrogen (secondary N) is 6. The van der Waals surface area contributed by atoms with E-state index >= 15 is 0 Å². The van der Waals surface area contributed by atoms with Crippen LogP contribution >= 0.6 is 22.6 Å². The van der Waals surface area contributed by atoms with Crippen molar-refractivity contribution in [2.45, 2.75) is 30.7 Å². The molecule has 1 unspecified atom stereocenters. The van der Waals surface area contributed by atoms with Gasteiger partial charge in [0.25, 0.3) is 13.9 Å². The molecule has 1 atom stereocenters. The molecule has 0 heterocycles. The Hall–Kier alpha value is -4.38. The van der Waals surface area contributed by atoms with E-state index in [-0.39, 0.29) is 20.2 Å². The van der Waals surface area contributed by atoms with Crippen LogP contribution in [0.15, 0.2) is 77.7 Å². The Balaban J connectivity index is 1.73. The smallest absolute Gasteiger partial charge is 0.319 e. The summed E-state index contributed by atoms with van der Waals surface area (Å²) in [7, 11) is -4.09. The number of carboxylic acids is 1. The fourth-order valence-corrected chi connectivity index (χ4v) is 5.10. The lowest BCUT2D eigenvalue weighted by Gasteiger charge is -2.19. The third kappa shape index (κ3) is 10.2. The summed E-state index contributed by atoms with van der Waals surface area (Å²) in [5, 5.41) is 22.4. The summed E-state index contributed by atoms with van der Waals surface area (Å²) in [6.07, 6.45) is 0.269. The van der Waals surface area contributed by atoms with Gasteiger partial charge in [-0.3, -0.25) is 14.3 Å². The fraction of sp³-hybridized carbons (Fsp3) is 0.185. The maximum absolute atomic E-state index is 13.1. The molecule has 0 aliphatic heterocycles. The van der Waals surface area contributed by atoms with Gasteiger partial charge in [0, 0.05) is 51.9 Å². The zero-order valence-corrected chi connectivity index (χ0v) is 25.3. The average molecular weight is 709 g/mol. The van der Waals surface area contributed by atoms with Crippen molar-refractivity contribution in [3.63, 3.8) is 0 Å². The molecule has 13 nitrogen and oxygen atoms in total. The zero-order chi connectivity index (χ0) is 30.7. The van der Waals surface area contributed by atoms with Crippen molar-refractivity contribution in [2.24, 2.45) is 0 Å². The van der Waals surface area contributed by atoms with E-state index in [1.807, 2.05) is 6.92 Å². The maximum Gasteiger partial charge on any atom is 0.319 e. The molecule has 0 saturated carbocycles. The van der Waals surface area contributed by atoms with Gasteiger partial charge in [-0.25, -0.2) is 18.0 Å². The van der Waals surface area contributed by atoms with Crippen LogP contribution in [0.4, 0.5) is 37.1 Å². The molecule has 3 rings (SSSR count). The van der Waals surface area contributed by atoms with Gasteiger partial charge in [-0.05, 0) is 66.6 Å². The number of rotatable bonds is 12. The maximum atomic E-state index is 13.1. The SMILES string of the molecule is CCCNC(=O)Nc1cccc(S(=O)(=O)Nc2cccc(C(CC(=O)O)NC(=O)Nc3ccc(NC(=O)I)cc3)c2)c1. The molecule has 0 radical (unpaired) electrons. The number of amides is 5. The number of anilines is 4. The Labute approximate surface area is 256 Å². The average Bonchev–Trinajstić information content (AvgIpc) is 2.92. The summed E-state index contributed by atoms with van der Waals surface area (Å²) in [6.45, 7) is 2.37. The van der Waals surface area contributed by atoms with Crippen LogP contribution in [-0.2, 0) is 14.8 Å². The third-order valence-corrected chi connectivity index (χ3v) is 7.20. The van der Waals surface area contributed by atoms with E-state index in [4.69, 9.17) is 0 Å². The quantitative estimate of drug-likeness (QED) is 0.0751. The second-order valence-corrected chi connectivity index (χ2v) is 11.5. The van der Waals surface area contributed by atoms with E-state index in [1.165, 1.54) is 36.4 Å². The summed E-state index contributed by atoms with van der Waals surface area (Å²) in [6, 6.07) is 15.8. The standard InChI is InChI=1S/C27H29IN6O7S/c1-2-13-29-26(38)32-20-6-4-8-22(15-20)42(40,41)34-21-7-3-5-17(14-21)23(16-24(35)36)33-27(39)31-19-11-9-18(10-12-19)30-25(28)37/h3-12,14-15,23,34H,2,13,16H2,1H3,(H,30,37)(H,35,36)(H2,29,32,38)(H2,31,33,39). The van der Waals surface area contributed by atoms with Gasteiger partial charge in [0.15, 0.2) is 0 Å². The first-order valence-corrected chi connectivity index (χ1v) is 15.1. The number of hydrogen-bond donors (Lipinski definition) is 7. The van der Waals surface area contributed by atoms with Crippen molar-refractivity contribution in [3.8, 4) is 0 Å². The molecule has 0 aliphatic rings. The highest BCUT2D eigenvalue weighted by Gasteiger charge is 2.21. The molecule has 0 aromatic heterocycles. The van der Waals surface area contributed by atoms with E-state index < -0.39 is 40.5 Å². The molecule has 7 N–H and O–H groups in total. The van der Waals surface area contributed by atoms with Crippen LogP contribution in [-0.4, -0.2) is 42.0 Å². The number of carbonyl (C=O) groups excluding carboxylic acids is 3. The van der Waals surface area contributed by atoms with E-state index in [0.717, 1.165) is 6.42 Å². The van der Waals surface area contributed by atoms with Crippen molar-refractivity contribution >= 4 is 77.3 Å². The van der Waals surface area contributed by atoms with Gasteiger partial charge in [0.1, 0.15) is 0 Å². The number of sulfonamides is 1. The van der Waals surface area contributed by atoms with Crippen molar-refractivity contribution in [1.29, 1.82) is 0 Å². The molecular weight excluding hydrogens is 679 g/mol. The first-order valence-electron chi connectivity index (χ1n) is 12.6. The predicted molar refractivity (Wildman–Crippen MR) is 168 cm³/mol. The molecule has 42 heavy (non-hydrogen) atoms. The number of aliphatic carboxylic acids is 1. The lowest BCUT2D eigenvalue weighted by atomic mass is 10.0. The second kappa shape index (κ2) is 15.0. The Morgan fingerprint density at radius 3 is 2.07 bits per heavy atom. The number of urea groups is 2. The fourth-order valence-electron chi connectivity index (χ4n) is 3.69. The topological polar surface area (TPSA) is 195 Å². The van der Waals surface area contributed by atoms with Crippen LogP contribution in [0.5, 0.6) is 0 Å². The first-order chi connectivity index (χ1) is 19.9. The highest BCUT2D eigenvalue weighted by molar-refractivity contribution is 14.1. The minimum absolute atomic E-state index is 0.107. The van der Waals surface area contributed by atoms with Crippen LogP contribution in [0.1, 0.15) is 31.4 Å². The highest BCUT2D eigenvalue weighted by atomic mass is 127. The lowest BCUT2D eigenvalue weighted by Crippen LogP contribution is -2.33. The molecule has 5 amide bonds. The molecule has 3 aromatic rings. The van der Waals surface area contributed by atoms with Crippen LogP contribution in [0.2, 0.25) is 0 Å². The third-order valence-electron chi connectivity index (χ3n) is 5.55. The second-order valence-electron chi connectivity index (χ2n) is 8.86. The van der Waals surface area contributed by atoms with Crippen molar-refractivity contribution in [3.05, 3.63) is 78.4 Å². The Morgan fingerprint density at radius 2 is 1.43 bits per heavy atom. The van der Waals surface area contributed by atoms with Gasteiger partial charge in [0.05, 0.1) is 17.4 Å². The largest absolute Gasteiger partial charge is 0.481 e. The van der Waals surface area contributed by atoms with Gasteiger partial charge in [0.2, 0.25) is 0 Å². The molecule has 222 valence electrons.